The van der Waals surface area contributed by atoms with Crippen molar-refractivity contribution in [3.8, 4) is 0 Å². The zero-order valence-electron chi connectivity index (χ0n) is 11.9. The second-order valence-electron chi connectivity index (χ2n) is 5.24. The summed E-state index contributed by atoms with van der Waals surface area (Å²) in [6.07, 6.45) is 1.97. The van der Waals surface area contributed by atoms with E-state index in [2.05, 4.69) is 11.6 Å². The number of nitrogens with one attached hydrogen (secondary N) is 1. The van der Waals surface area contributed by atoms with E-state index in [9.17, 15) is 8.42 Å². The van der Waals surface area contributed by atoms with Crippen LogP contribution in [0.25, 0.3) is 0 Å². The SMILES string of the molecule is CCC1OCCC1CNS(=O)(=O)c1ccc(N)c(C)c1. The third-order valence-corrected chi connectivity index (χ3v) is 5.26. The Bertz CT molecular complexity index is 572. The summed E-state index contributed by atoms with van der Waals surface area (Å²) >= 11 is 0. The normalized spacial score (nSPS) is 23.1. The maximum absolute atomic E-state index is 12.3. The van der Waals surface area contributed by atoms with Gasteiger partial charge in [0.05, 0.1) is 11.0 Å². The predicted molar refractivity (Wildman–Crippen MR) is 78.9 cm³/mol. The standard InChI is InChI=1S/C14H22N2O3S/c1-3-14-11(6-7-19-14)9-16-20(17,18)12-4-5-13(15)10(2)8-12/h4-5,8,11,14,16H,3,6-7,9,15H2,1-2H3. The van der Waals surface area contributed by atoms with Crippen LogP contribution in [0.3, 0.4) is 0 Å². The van der Waals surface area contributed by atoms with Gasteiger partial charge >= 0.3 is 0 Å². The van der Waals surface area contributed by atoms with Crippen LogP contribution in [0.2, 0.25) is 0 Å². The molecule has 2 rings (SSSR count). The molecule has 6 heteroatoms. The number of rotatable bonds is 5. The van der Waals surface area contributed by atoms with Gasteiger partial charge in [-0.3, -0.25) is 0 Å². The number of ether oxygens (including phenoxy) is 1. The number of hydrogen-bond acceptors (Lipinski definition) is 4. The van der Waals surface area contributed by atoms with Crippen LogP contribution in [0.1, 0.15) is 25.3 Å². The predicted octanol–water partition coefficient (Wildman–Crippen LogP) is 1.67. The van der Waals surface area contributed by atoms with Crippen molar-refractivity contribution in [2.45, 2.75) is 37.7 Å². The first kappa shape index (κ1) is 15.3. The van der Waals surface area contributed by atoms with Gasteiger partial charge < -0.3 is 10.5 Å². The minimum absolute atomic E-state index is 0.158. The molecular weight excluding hydrogens is 276 g/mol. The second-order valence-corrected chi connectivity index (χ2v) is 7.00. The van der Waals surface area contributed by atoms with Gasteiger partial charge in [-0.2, -0.15) is 0 Å². The minimum Gasteiger partial charge on any atom is -0.399 e. The molecule has 0 amide bonds. The summed E-state index contributed by atoms with van der Waals surface area (Å²) in [7, 11) is -3.48. The molecule has 0 radical (unpaired) electrons. The topological polar surface area (TPSA) is 81.4 Å². The van der Waals surface area contributed by atoms with E-state index >= 15 is 0 Å². The molecule has 2 atom stereocenters. The Morgan fingerprint density at radius 3 is 2.85 bits per heavy atom. The van der Waals surface area contributed by atoms with E-state index in [1.807, 2.05) is 0 Å². The van der Waals surface area contributed by atoms with Crippen molar-refractivity contribution in [3.63, 3.8) is 0 Å². The van der Waals surface area contributed by atoms with Gasteiger partial charge in [0.1, 0.15) is 0 Å². The van der Waals surface area contributed by atoms with Crippen molar-refractivity contribution in [2.75, 3.05) is 18.9 Å². The van der Waals surface area contributed by atoms with Crippen molar-refractivity contribution < 1.29 is 13.2 Å². The lowest BCUT2D eigenvalue weighted by atomic mass is 10.0. The highest BCUT2D eigenvalue weighted by atomic mass is 32.2. The number of nitrogen functional groups attached to an aromatic ring is 1. The van der Waals surface area contributed by atoms with Crippen LogP contribution in [-0.4, -0.2) is 27.7 Å². The van der Waals surface area contributed by atoms with Crippen LogP contribution in [0.15, 0.2) is 23.1 Å². The molecule has 3 N–H and O–H groups in total. The lowest BCUT2D eigenvalue weighted by Gasteiger charge is -2.17. The zero-order chi connectivity index (χ0) is 14.8. The van der Waals surface area contributed by atoms with Gasteiger partial charge in [-0.15, -0.1) is 0 Å². The molecule has 0 spiro atoms. The highest BCUT2D eigenvalue weighted by Gasteiger charge is 2.28. The van der Waals surface area contributed by atoms with Gasteiger partial charge in [0.25, 0.3) is 0 Å². The van der Waals surface area contributed by atoms with E-state index in [0.717, 1.165) is 18.4 Å². The summed E-state index contributed by atoms with van der Waals surface area (Å²) in [4.78, 5) is 0.260. The molecule has 1 aromatic carbocycles. The number of aryl methyl sites for hydroxylation is 1. The lowest BCUT2D eigenvalue weighted by Crippen LogP contribution is -2.32. The van der Waals surface area contributed by atoms with E-state index in [-0.39, 0.29) is 16.9 Å². The Kier molecular flexibility index (Phi) is 4.67. The van der Waals surface area contributed by atoms with Crippen molar-refractivity contribution >= 4 is 15.7 Å². The maximum Gasteiger partial charge on any atom is 0.240 e. The highest BCUT2D eigenvalue weighted by molar-refractivity contribution is 7.89. The van der Waals surface area contributed by atoms with Crippen molar-refractivity contribution in [2.24, 2.45) is 5.92 Å². The molecule has 1 aliphatic rings. The van der Waals surface area contributed by atoms with Crippen LogP contribution >= 0.6 is 0 Å². The van der Waals surface area contributed by atoms with Gasteiger partial charge in [-0.05, 0) is 43.5 Å². The lowest BCUT2D eigenvalue weighted by molar-refractivity contribution is 0.0884. The molecule has 1 aromatic rings. The minimum atomic E-state index is -3.48. The summed E-state index contributed by atoms with van der Waals surface area (Å²) in [5, 5.41) is 0. The second kappa shape index (κ2) is 6.11. The van der Waals surface area contributed by atoms with Crippen LogP contribution in [-0.2, 0) is 14.8 Å². The molecule has 0 aliphatic carbocycles. The van der Waals surface area contributed by atoms with Crippen molar-refractivity contribution in [1.82, 2.24) is 4.72 Å². The van der Waals surface area contributed by atoms with E-state index in [0.29, 0.717) is 18.8 Å². The highest BCUT2D eigenvalue weighted by Crippen LogP contribution is 2.23. The number of hydrogen-bond donors (Lipinski definition) is 2. The largest absolute Gasteiger partial charge is 0.399 e. The average molecular weight is 298 g/mol. The van der Waals surface area contributed by atoms with E-state index in [1.165, 1.54) is 6.07 Å². The van der Waals surface area contributed by atoms with Gasteiger partial charge in [0.15, 0.2) is 0 Å². The van der Waals surface area contributed by atoms with Crippen LogP contribution in [0.4, 0.5) is 5.69 Å². The van der Waals surface area contributed by atoms with Crippen LogP contribution < -0.4 is 10.5 Å². The Labute approximate surface area is 120 Å². The van der Waals surface area contributed by atoms with Crippen molar-refractivity contribution in [3.05, 3.63) is 23.8 Å². The molecule has 0 bridgehead atoms. The smallest absolute Gasteiger partial charge is 0.240 e. The monoisotopic (exact) mass is 298 g/mol. The third-order valence-electron chi connectivity index (χ3n) is 3.84. The molecule has 20 heavy (non-hydrogen) atoms. The van der Waals surface area contributed by atoms with Gasteiger partial charge in [-0.25, -0.2) is 13.1 Å². The van der Waals surface area contributed by atoms with Gasteiger partial charge in [0, 0.05) is 24.8 Å². The fourth-order valence-corrected chi connectivity index (χ4v) is 3.67. The molecule has 0 saturated carbocycles. The molecule has 1 saturated heterocycles. The maximum atomic E-state index is 12.3. The van der Waals surface area contributed by atoms with Gasteiger partial charge in [0.2, 0.25) is 10.0 Å². The van der Waals surface area contributed by atoms with Crippen LogP contribution in [0.5, 0.6) is 0 Å². The summed E-state index contributed by atoms with van der Waals surface area (Å²) in [5.41, 5.74) is 7.07. The summed E-state index contributed by atoms with van der Waals surface area (Å²) in [6.45, 7) is 4.99. The fourth-order valence-electron chi connectivity index (χ4n) is 2.49. The Hall–Kier alpha value is -1.11. The summed E-state index contributed by atoms with van der Waals surface area (Å²) in [5.74, 6) is 0.254. The van der Waals surface area contributed by atoms with E-state index in [4.69, 9.17) is 10.5 Å². The molecular formula is C14H22N2O3S. The van der Waals surface area contributed by atoms with Crippen LogP contribution in [0, 0.1) is 12.8 Å². The first-order valence-electron chi connectivity index (χ1n) is 6.91. The zero-order valence-corrected chi connectivity index (χ0v) is 12.7. The number of nitrogens with two attached hydrogens (primary N) is 1. The summed E-state index contributed by atoms with van der Waals surface area (Å²) in [6, 6.07) is 4.75. The Morgan fingerprint density at radius 2 is 2.20 bits per heavy atom. The Balaban J connectivity index is 2.05. The number of anilines is 1. The molecule has 0 aromatic heterocycles. The number of sulfonamides is 1. The third kappa shape index (κ3) is 3.31. The first-order valence-corrected chi connectivity index (χ1v) is 8.39. The van der Waals surface area contributed by atoms with Crippen molar-refractivity contribution in [1.29, 1.82) is 0 Å². The molecule has 5 nitrogen and oxygen atoms in total. The molecule has 112 valence electrons. The fraction of sp³-hybridized carbons (Fsp3) is 0.571. The Morgan fingerprint density at radius 1 is 1.45 bits per heavy atom. The first-order chi connectivity index (χ1) is 9.44. The molecule has 1 aliphatic heterocycles. The quantitative estimate of drug-likeness (QED) is 0.810. The summed E-state index contributed by atoms with van der Waals surface area (Å²) < 4.78 is 32.8. The molecule has 1 heterocycles. The number of benzene rings is 1. The van der Waals surface area contributed by atoms with E-state index in [1.54, 1.807) is 19.1 Å². The average Bonchev–Trinajstić information content (AvgIpc) is 2.87. The molecule has 1 fully saturated rings. The van der Waals surface area contributed by atoms with E-state index < -0.39 is 10.0 Å². The molecule has 2 unspecified atom stereocenters. The van der Waals surface area contributed by atoms with Gasteiger partial charge in [-0.1, -0.05) is 6.92 Å².